The molecule has 0 atom stereocenters. The fourth-order valence-corrected chi connectivity index (χ4v) is 2.85. The Balaban J connectivity index is 1.71. The number of hydrogen-bond acceptors (Lipinski definition) is 6. The van der Waals surface area contributed by atoms with Gasteiger partial charge in [0.05, 0.1) is 31.8 Å². The van der Waals surface area contributed by atoms with Crippen molar-refractivity contribution in [1.82, 2.24) is 0 Å². The number of carbonyl (C=O) groups excluding carboxylic acids is 3. The molecule has 0 fully saturated rings. The lowest BCUT2D eigenvalue weighted by Crippen LogP contribution is -2.13. The van der Waals surface area contributed by atoms with Crippen LogP contribution in [0, 0.1) is 0 Å². The van der Waals surface area contributed by atoms with Crippen molar-refractivity contribution in [2.24, 2.45) is 0 Å². The van der Waals surface area contributed by atoms with Crippen LogP contribution < -0.4 is 0 Å². The summed E-state index contributed by atoms with van der Waals surface area (Å²) in [5, 5.41) is 0. The molecule has 0 N–H and O–H groups in total. The lowest BCUT2D eigenvalue weighted by Gasteiger charge is -2.09. The van der Waals surface area contributed by atoms with E-state index in [1.165, 1.54) is 0 Å². The molecule has 0 spiro atoms. The van der Waals surface area contributed by atoms with Crippen LogP contribution in [0.4, 0.5) is 0 Å². The molecule has 0 bridgehead atoms. The Morgan fingerprint density at radius 2 is 1.30 bits per heavy atom. The molecule has 0 aromatic heterocycles. The second-order valence-electron chi connectivity index (χ2n) is 6.75. The van der Waals surface area contributed by atoms with E-state index < -0.39 is 5.97 Å². The predicted octanol–water partition coefficient (Wildman–Crippen LogP) is 4.21. The minimum Gasteiger partial charge on any atom is -0.466 e. The zero-order valence-corrected chi connectivity index (χ0v) is 17.3. The first-order valence-electron chi connectivity index (χ1n) is 10.1. The summed E-state index contributed by atoms with van der Waals surface area (Å²) in [5.41, 5.74) is 1.14. The molecule has 0 amide bonds. The zero-order valence-electron chi connectivity index (χ0n) is 17.3. The molecule has 6 nitrogen and oxygen atoms in total. The highest BCUT2D eigenvalue weighted by molar-refractivity contribution is 6.14. The lowest BCUT2D eigenvalue weighted by atomic mass is 9.98. The van der Waals surface area contributed by atoms with E-state index >= 15 is 0 Å². The lowest BCUT2D eigenvalue weighted by molar-refractivity contribution is -0.144. The first-order chi connectivity index (χ1) is 14.6. The van der Waals surface area contributed by atoms with E-state index in [1.54, 1.807) is 55.6 Å². The minimum atomic E-state index is -0.498. The van der Waals surface area contributed by atoms with Gasteiger partial charge in [-0.05, 0) is 31.7 Å². The molecule has 0 unspecified atom stereocenters. The Morgan fingerprint density at radius 1 is 0.700 bits per heavy atom. The monoisotopic (exact) mass is 412 g/mol. The van der Waals surface area contributed by atoms with Crippen LogP contribution in [0.25, 0.3) is 0 Å². The van der Waals surface area contributed by atoms with Crippen molar-refractivity contribution >= 4 is 17.7 Å². The third-order valence-corrected chi connectivity index (χ3v) is 4.47. The fraction of sp³-hybridized carbons (Fsp3) is 0.375. The summed E-state index contributed by atoms with van der Waals surface area (Å²) in [4.78, 5) is 36.5. The van der Waals surface area contributed by atoms with Gasteiger partial charge >= 0.3 is 11.9 Å². The van der Waals surface area contributed by atoms with Gasteiger partial charge in [0.15, 0.2) is 5.78 Å². The van der Waals surface area contributed by atoms with Crippen LogP contribution in [0.15, 0.2) is 54.6 Å². The maximum absolute atomic E-state index is 12.7. The first kappa shape index (κ1) is 23.3. The molecule has 6 heteroatoms. The second kappa shape index (κ2) is 13.3. The molecule has 2 rings (SSSR count). The van der Waals surface area contributed by atoms with Crippen molar-refractivity contribution in [1.29, 1.82) is 0 Å². The van der Waals surface area contributed by atoms with E-state index in [4.69, 9.17) is 14.2 Å². The Morgan fingerprint density at radius 3 is 1.97 bits per heavy atom. The van der Waals surface area contributed by atoms with Crippen molar-refractivity contribution < 1.29 is 28.6 Å². The number of rotatable bonds is 13. The van der Waals surface area contributed by atoms with Gasteiger partial charge in [-0.2, -0.15) is 0 Å². The number of carbonyl (C=O) groups is 3. The van der Waals surface area contributed by atoms with Gasteiger partial charge < -0.3 is 14.2 Å². The zero-order chi connectivity index (χ0) is 21.6. The van der Waals surface area contributed by atoms with Crippen LogP contribution in [-0.2, 0) is 19.0 Å². The summed E-state index contributed by atoms with van der Waals surface area (Å²) >= 11 is 0. The number of unbranched alkanes of at least 4 members (excludes halogenated alkanes) is 3. The number of methoxy groups -OCH3 is 1. The molecule has 160 valence electrons. The molecule has 0 radical (unpaired) electrons. The molecular weight excluding hydrogens is 384 g/mol. The minimum absolute atomic E-state index is 0.205. The summed E-state index contributed by atoms with van der Waals surface area (Å²) in [7, 11) is 1.54. The van der Waals surface area contributed by atoms with Crippen LogP contribution in [0.1, 0.15) is 58.4 Å². The molecule has 0 saturated carbocycles. The Hall–Kier alpha value is -2.99. The number of benzene rings is 2. The smallest absolute Gasteiger partial charge is 0.338 e. The average Bonchev–Trinajstić information content (AvgIpc) is 2.79. The Bertz CT molecular complexity index is 815. The molecule has 0 aliphatic heterocycles. The van der Waals surface area contributed by atoms with Gasteiger partial charge in [-0.1, -0.05) is 48.5 Å². The quantitative estimate of drug-likeness (QED) is 0.279. The Labute approximate surface area is 177 Å². The summed E-state index contributed by atoms with van der Waals surface area (Å²) in [5.74, 6) is -0.959. The number of esters is 2. The van der Waals surface area contributed by atoms with Gasteiger partial charge in [-0.25, -0.2) is 4.79 Å². The van der Waals surface area contributed by atoms with Crippen LogP contribution >= 0.6 is 0 Å². The third-order valence-electron chi connectivity index (χ3n) is 4.47. The van der Waals surface area contributed by atoms with Crippen molar-refractivity contribution in [2.75, 3.05) is 26.9 Å². The molecule has 30 heavy (non-hydrogen) atoms. The van der Waals surface area contributed by atoms with E-state index in [1.807, 2.05) is 6.07 Å². The molecule has 0 aliphatic rings. The van der Waals surface area contributed by atoms with Gasteiger partial charge in [0, 0.05) is 18.2 Å². The largest absolute Gasteiger partial charge is 0.466 e. The van der Waals surface area contributed by atoms with E-state index in [2.05, 4.69) is 0 Å². The van der Waals surface area contributed by atoms with Crippen molar-refractivity contribution in [2.45, 2.75) is 32.1 Å². The topological polar surface area (TPSA) is 78.9 Å². The molecule has 0 heterocycles. The van der Waals surface area contributed by atoms with Gasteiger partial charge in [0.1, 0.15) is 0 Å². The van der Waals surface area contributed by atoms with Crippen LogP contribution in [0.3, 0.4) is 0 Å². The highest BCUT2D eigenvalue weighted by Crippen LogP contribution is 2.16. The molecule has 2 aromatic carbocycles. The third kappa shape index (κ3) is 7.79. The van der Waals surface area contributed by atoms with E-state index in [-0.39, 0.29) is 30.3 Å². The average molecular weight is 412 g/mol. The highest BCUT2D eigenvalue weighted by Gasteiger charge is 2.18. The van der Waals surface area contributed by atoms with Gasteiger partial charge in [-0.3, -0.25) is 9.59 Å². The predicted molar refractivity (Wildman–Crippen MR) is 113 cm³/mol. The van der Waals surface area contributed by atoms with E-state index in [9.17, 15) is 14.4 Å². The Kier molecular flexibility index (Phi) is 10.3. The number of ketones is 1. The summed E-state index contributed by atoms with van der Waals surface area (Å²) in [6, 6.07) is 15.5. The SMILES string of the molecule is COCCC(=O)OCCCCCCOC(=O)c1ccccc1C(=O)c1ccccc1. The fourth-order valence-electron chi connectivity index (χ4n) is 2.85. The molecular formula is C24H28O6. The molecule has 2 aromatic rings. The van der Waals surface area contributed by atoms with Crippen LogP contribution in [0.2, 0.25) is 0 Å². The van der Waals surface area contributed by atoms with Crippen molar-refractivity contribution in [3.8, 4) is 0 Å². The standard InChI is InChI=1S/C24H28O6/c1-28-18-15-22(25)29-16-9-2-3-10-17-30-24(27)21-14-8-7-13-20(21)23(26)19-11-5-4-6-12-19/h4-8,11-14H,2-3,9-10,15-18H2,1H3. The maximum Gasteiger partial charge on any atom is 0.338 e. The maximum atomic E-state index is 12.7. The first-order valence-corrected chi connectivity index (χ1v) is 10.1. The van der Waals surface area contributed by atoms with Gasteiger partial charge in [0.25, 0.3) is 0 Å². The summed E-state index contributed by atoms with van der Waals surface area (Å²) in [6.07, 6.45) is 3.46. The molecule has 0 aliphatic carbocycles. The second-order valence-corrected chi connectivity index (χ2v) is 6.75. The van der Waals surface area contributed by atoms with Crippen molar-refractivity contribution in [3.63, 3.8) is 0 Å². The van der Waals surface area contributed by atoms with Gasteiger partial charge in [-0.15, -0.1) is 0 Å². The number of hydrogen-bond donors (Lipinski definition) is 0. The van der Waals surface area contributed by atoms with Crippen LogP contribution in [0.5, 0.6) is 0 Å². The van der Waals surface area contributed by atoms with Crippen LogP contribution in [-0.4, -0.2) is 44.7 Å². The van der Waals surface area contributed by atoms with Gasteiger partial charge in [0.2, 0.25) is 0 Å². The van der Waals surface area contributed by atoms with E-state index in [0.29, 0.717) is 30.8 Å². The highest BCUT2D eigenvalue weighted by atomic mass is 16.5. The molecule has 0 saturated heterocycles. The van der Waals surface area contributed by atoms with E-state index in [0.717, 1.165) is 19.3 Å². The summed E-state index contributed by atoms with van der Waals surface area (Å²) in [6.45, 7) is 1.03. The number of ether oxygens (including phenoxy) is 3. The summed E-state index contributed by atoms with van der Waals surface area (Å²) < 4.78 is 15.3. The van der Waals surface area contributed by atoms with Crippen molar-refractivity contribution in [3.05, 3.63) is 71.3 Å². The normalized spacial score (nSPS) is 10.4.